The molecular formula is C23H25ClN2O3. The van der Waals surface area contributed by atoms with Crippen LogP contribution in [0.2, 0.25) is 5.02 Å². The van der Waals surface area contributed by atoms with E-state index in [0.717, 1.165) is 22.4 Å². The highest BCUT2D eigenvalue weighted by molar-refractivity contribution is 6.32. The summed E-state index contributed by atoms with van der Waals surface area (Å²) in [6, 6.07) is 9.54. The number of hydrogen-bond donors (Lipinski definition) is 0. The number of benzene rings is 2. The lowest BCUT2D eigenvalue weighted by Crippen LogP contribution is -2.34. The molecule has 0 N–H and O–H groups in total. The van der Waals surface area contributed by atoms with E-state index < -0.39 is 0 Å². The Kier molecular flexibility index (Phi) is 5.03. The summed E-state index contributed by atoms with van der Waals surface area (Å²) in [5, 5.41) is 0.624. The Balaban J connectivity index is 1.56. The molecule has 1 unspecified atom stereocenters. The van der Waals surface area contributed by atoms with Crippen molar-refractivity contribution in [2.75, 3.05) is 7.11 Å². The van der Waals surface area contributed by atoms with Gasteiger partial charge >= 0.3 is 0 Å². The first-order valence-corrected chi connectivity index (χ1v) is 10.3. The molecular weight excluding hydrogens is 388 g/mol. The van der Waals surface area contributed by atoms with Gasteiger partial charge in [-0.05, 0) is 57.0 Å². The molecule has 2 aliphatic rings. The number of ether oxygens (including phenoxy) is 1. The first-order chi connectivity index (χ1) is 13.8. The van der Waals surface area contributed by atoms with Crippen molar-refractivity contribution in [1.82, 2.24) is 9.80 Å². The van der Waals surface area contributed by atoms with Crippen molar-refractivity contribution >= 4 is 23.4 Å². The Bertz CT molecular complexity index is 1000. The van der Waals surface area contributed by atoms with Gasteiger partial charge < -0.3 is 14.5 Å². The number of fused-ring (bicyclic) bond motifs is 2. The lowest BCUT2D eigenvalue weighted by molar-refractivity contribution is 0.0711. The van der Waals surface area contributed by atoms with Crippen LogP contribution in [-0.4, -0.2) is 40.8 Å². The van der Waals surface area contributed by atoms with Crippen molar-refractivity contribution in [2.45, 2.75) is 52.4 Å². The van der Waals surface area contributed by atoms with E-state index in [2.05, 4.69) is 0 Å². The maximum atomic E-state index is 12.9. The van der Waals surface area contributed by atoms with Crippen molar-refractivity contribution in [3.8, 4) is 5.75 Å². The SMILES string of the molecule is COc1cccc2c1CN(C(C)Cc1cc(Cl)c3c(c1)C(=O)N(C(C)C)C3)C2=O. The minimum atomic E-state index is -0.0357. The molecule has 0 saturated heterocycles. The monoisotopic (exact) mass is 412 g/mol. The summed E-state index contributed by atoms with van der Waals surface area (Å²) >= 11 is 6.52. The summed E-state index contributed by atoms with van der Waals surface area (Å²) in [5.41, 5.74) is 4.19. The molecule has 0 saturated carbocycles. The molecule has 0 spiro atoms. The number of nitrogens with zero attached hydrogens (tertiary/aromatic N) is 2. The zero-order valence-corrected chi connectivity index (χ0v) is 17.9. The fraction of sp³-hybridized carbons (Fsp3) is 0.391. The minimum Gasteiger partial charge on any atom is -0.496 e. The van der Waals surface area contributed by atoms with Crippen LogP contribution < -0.4 is 4.74 Å². The molecule has 2 aliphatic heterocycles. The van der Waals surface area contributed by atoms with E-state index in [1.807, 2.05) is 60.9 Å². The first kappa shape index (κ1) is 19.8. The van der Waals surface area contributed by atoms with Gasteiger partial charge in [0.2, 0.25) is 0 Å². The van der Waals surface area contributed by atoms with Crippen LogP contribution in [-0.2, 0) is 19.5 Å². The zero-order chi connectivity index (χ0) is 20.9. The standard InChI is InChI=1S/C23H25ClN2O3/c1-13(2)25-11-18-17(23(25)28)9-15(10-20(18)24)8-14(3)26-12-19-16(22(26)27)6-5-7-21(19)29-4/h5-7,9-10,13-14H,8,11-12H2,1-4H3. The third-order valence-corrected chi connectivity index (χ3v) is 6.27. The average molecular weight is 413 g/mol. The van der Waals surface area contributed by atoms with Crippen LogP contribution in [0.1, 0.15) is 58.2 Å². The number of amides is 2. The first-order valence-electron chi connectivity index (χ1n) is 9.91. The maximum Gasteiger partial charge on any atom is 0.254 e. The van der Waals surface area contributed by atoms with Crippen LogP contribution >= 0.6 is 11.6 Å². The van der Waals surface area contributed by atoms with Gasteiger partial charge in [0, 0.05) is 45.9 Å². The van der Waals surface area contributed by atoms with Gasteiger partial charge in [0.1, 0.15) is 5.75 Å². The van der Waals surface area contributed by atoms with Crippen molar-refractivity contribution in [2.24, 2.45) is 0 Å². The molecule has 2 aromatic rings. The van der Waals surface area contributed by atoms with E-state index in [1.165, 1.54) is 0 Å². The summed E-state index contributed by atoms with van der Waals surface area (Å²) in [5.74, 6) is 0.784. The third-order valence-electron chi connectivity index (χ3n) is 5.93. The fourth-order valence-corrected chi connectivity index (χ4v) is 4.60. The molecule has 5 nitrogen and oxygen atoms in total. The van der Waals surface area contributed by atoms with E-state index in [-0.39, 0.29) is 23.9 Å². The van der Waals surface area contributed by atoms with E-state index in [9.17, 15) is 9.59 Å². The number of hydrogen-bond acceptors (Lipinski definition) is 3. The van der Waals surface area contributed by atoms with Gasteiger partial charge in [-0.1, -0.05) is 17.7 Å². The van der Waals surface area contributed by atoms with E-state index in [4.69, 9.17) is 16.3 Å². The van der Waals surface area contributed by atoms with E-state index in [1.54, 1.807) is 7.11 Å². The number of carbonyl (C=O) groups excluding carboxylic acids is 2. The highest BCUT2D eigenvalue weighted by Crippen LogP contribution is 2.35. The molecule has 1 atom stereocenters. The highest BCUT2D eigenvalue weighted by Gasteiger charge is 2.34. The maximum absolute atomic E-state index is 12.9. The Labute approximate surface area is 176 Å². The Morgan fingerprint density at radius 3 is 2.38 bits per heavy atom. The van der Waals surface area contributed by atoms with Crippen molar-refractivity contribution in [1.29, 1.82) is 0 Å². The zero-order valence-electron chi connectivity index (χ0n) is 17.2. The predicted molar refractivity (Wildman–Crippen MR) is 112 cm³/mol. The minimum absolute atomic E-state index is 0.0146. The topological polar surface area (TPSA) is 49.9 Å². The number of methoxy groups -OCH3 is 1. The Morgan fingerprint density at radius 1 is 1.00 bits per heavy atom. The second-order valence-electron chi connectivity index (χ2n) is 8.10. The lowest BCUT2D eigenvalue weighted by atomic mass is 10.0. The van der Waals surface area contributed by atoms with Gasteiger partial charge in [-0.25, -0.2) is 0 Å². The molecule has 6 heteroatoms. The molecule has 29 heavy (non-hydrogen) atoms. The highest BCUT2D eigenvalue weighted by atomic mass is 35.5. The largest absolute Gasteiger partial charge is 0.496 e. The second-order valence-corrected chi connectivity index (χ2v) is 8.51. The van der Waals surface area contributed by atoms with Crippen LogP contribution in [0.15, 0.2) is 30.3 Å². The van der Waals surface area contributed by atoms with Crippen LogP contribution in [0.4, 0.5) is 0 Å². The van der Waals surface area contributed by atoms with Gasteiger partial charge in [0.25, 0.3) is 11.8 Å². The van der Waals surface area contributed by atoms with Gasteiger partial charge in [0.05, 0.1) is 13.7 Å². The molecule has 2 aromatic carbocycles. The average Bonchev–Trinajstić information content (AvgIpc) is 3.20. The van der Waals surface area contributed by atoms with Crippen LogP contribution in [0, 0.1) is 0 Å². The predicted octanol–water partition coefficient (Wildman–Crippen LogP) is 4.30. The van der Waals surface area contributed by atoms with Crippen LogP contribution in [0.5, 0.6) is 5.75 Å². The summed E-state index contributed by atoms with van der Waals surface area (Å²) in [6.45, 7) is 7.12. The second kappa shape index (κ2) is 7.38. The van der Waals surface area contributed by atoms with Crippen molar-refractivity contribution < 1.29 is 14.3 Å². The van der Waals surface area contributed by atoms with E-state index >= 15 is 0 Å². The molecule has 152 valence electrons. The molecule has 0 bridgehead atoms. The van der Waals surface area contributed by atoms with Crippen LogP contribution in [0.25, 0.3) is 0 Å². The molecule has 2 amide bonds. The lowest BCUT2D eigenvalue weighted by Gasteiger charge is -2.24. The number of rotatable bonds is 5. The summed E-state index contributed by atoms with van der Waals surface area (Å²) in [4.78, 5) is 29.3. The Hall–Kier alpha value is -2.53. The number of halogens is 1. The van der Waals surface area contributed by atoms with Gasteiger partial charge in [-0.3, -0.25) is 9.59 Å². The molecule has 4 rings (SSSR count). The summed E-state index contributed by atoms with van der Waals surface area (Å²) in [6.07, 6.45) is 0.629. The summed E-state index contributed by atoms with van der Waals surface area (Å²) < 4.78 is 5.42. The normalized spacial score (nSPS) is 16.5. The van der Waals surface area contributed by atoms with E-state index in [0.29, 0.717) is 35.7 Å². The fourth-order valence-electron chi connectivity index (χ4n) is 4.30. The Morgan fingerprint density at radius 2 is 1.69 bits per heavy atom. The quantitative estimate of drug-likeness (QED) is 0.735. The molecule has 0 radical (unpaired) electrons. The smallest absolute Gasteiger partial charge is 0.254 e. The van der Waals surface area contributed by atoms with Crippen LogP contribution in [0.3, 0.4) is 0 Å². The molecule has 0 fully saturated rings. The third kappa shape index (κ3) is 3.27. The summed E-state index contributed by atoms with van der Waals surface area (Å²) in [7, 11) is 1.62. The molecule has 0 aliphatic carbocycles. The van der Waals surface area contributed by atoms with Gasteiger partial charge in [-0.2, -0.15) is 0 Å². The van der Waals surface area contributed by atoms with Crippen molar-refractivity contribution in [3.63, 3.8) is 0 Å². The van der Waals surface area contributed by atoms with Gasteiger partial charge in [0.15, 0.2) is 0 Å². The van der Waals surface area contributed by atoms with Crippen molar-refractivity contribution in [3.05, 3.63) is 63.2 Å². The molecule has 0 aromatic heterocycles. The molecule has 2 heterocycles. The van der Waals surface area contributed by atoms with Gasteiger partial charge in [-0.15, -0.1) is 0 Å². The number of carbonyl (C=O) groups is 2.